The van der Waals surface area contributed by atoms with Gasteiger partial charge in [-0.3, -0.25) is 4.79 Å². The maximum atomic E-state index is 12.4. The number of methoxy groups -OCH3 is 1. The molecule has 0 unspecified atom stereocenters. The van der Waals surface area contributed by atoms with Crippen LogP contribution in [0, 0.1) is 0 Å². The Kier molecular flexibility index (Phi) is 5.43. The molecule has 0 spiro atoms. The van der Waals surface area contributed by atoms with Crippen LogP contribution in [0.2, 0.25) is 5.02 Å². The minimum Gasteiger partial charge on any atom is -0.496 e. The molecule has 0 amide bonds. The summed E-state index contributed by atoms with van der Waals surface area (Å²) >= 11 is 5.96. The highest BCUT2D eigenvalue weighted by Crippen LogP contribution is 2.25. The highest BCUT2D eigenvalue weighted by molar-refractivity contribution is 6.30. The van der Waals surface area contributed by atoms with Gasteiger partial charge in [0.25, 0.3) is 0 Å². The zero-order valence-corrected chi connectivity index (χ0v) is 14.7. The van der Waals surface area contributed by atoms with E-state index in [0.29, 0.717) is 22.0 Å². The molecule has 2 aromatic rings. The second kappa shape index (κ2) is 7.93. The van der Waals surface area contributed by atoms with Crippen molar-refractivity contribution in [1.82, 2.24) is 0 Å². The molecule has 0 radical (unpaired) electrons. The number of ether oxygens (including phenoxy) is 3. The van der Waals surface area contributed by atoms with Gasteiger partial charge in [-0.05, 0) is 30.3 Å². The van der Waals surface area contributed by atoms with Gasteiger partial charge in [0.15, 0.2) is 12.2 Å². The van der Waals surface area contributed by atoms with Crippen LogP contribution in [0.15, 0.2) is 60.0 Å². The van der Waals surface area contributed by atoms with Crippen molar-refractivity contribution in [2.45, 2.75) is 6.61 Å². The lowest BCUT2D eigenvalue weighted by atomic mass is 10.2. The number of hydrogen-bond acceptors (Lipinski definition) is 6. The summed E-state index contributed by atoms with van der Waals surface area (Å²) in [6.07, 6.45) is 0. The summed E-state index contributed by atoms with van der Waals surface area (Å²) in [5.41, 5.74) is 1.15. The van der Waals surface area contributed by atoms with E-state index in [1.165, 1.54) is 7.11 Å². The highest BCUT2D eigenvalue weighted by atomic mass is 35.5. The third-order valence-corrected chi connectivity index (χ3v) is 3.93. The minimum absolute atomic E-state index is 0.0854. The summed E-state index contributed by atoms with van der Waals surface area (Å²) in [7, 11) is 1.51. The Labute approximate surface area is 155 Å². The average Bonchev–Trinajstić information content (AvgIpc) is 3.01. The molecule has 0 saturated heterocycles. The van der Waals surface area contributed by atoms with Crippen LogP contribution in [-0.4, -0.2) is 25.5 Å². The van der Waals surface area contributed by atoms with E-state index in [9.17, 15) is 9.59 Å². The molecule has 26 heavy (non-hydrogen) atoms. The van der Waals surface area contributed by atoms with Gasteiger partial charge in [-0.25, -0.2) is 4.79 Å². The number of benzene rings is 2. The summed E-state index contributed by atoms with van der Waals surface area (Å²) in [5.74, 6) is -0.587. The molecule has 0 atom stereocenters. The smallest absolute Gasteiger partial charge is 0.347 e. The number of nitrogens with one attached hydrogen (secondary N) is 1. The van der Waals surface area contributed by atoms with E-state index in [0.717, 1.165) is 0 Å². The Morgan fingerprint density at radius 3 is 2.73 bits per heavy atom. The zero-order chi connectivity index (χ0) is 18.5. The number of esters is 1. The molecule has 0 aromatic heterocycles. The quantitative estimate of drug-likeness (QED) is 0.618. The first-order chi connectivity index (χ1) is 12.6. The van der Waals surface area contributed by atoms with Crippen LogP contribution in [0.25, 0.3) is 0 Å². The molecule has 0 aliphatic carbocycles. The lowest BCUT2D eigenvalue weighted by Crippen LogP contribution is -2.16. The van der Waals surface area contributed by atoms with Crippen molar-refractivity contribution in [2.24, 2.45) is 0 Å². The number of ketones is 1. The highest BCUT2D eigenvalue weighted by Gasteiger charge is 2.32. The standard InChI is InChI=1S/C19H16ClNO5/c1-24-16-8-7-13(20)9-12(16)10-26-19(23)17-15(22)11-25-18(17)21-14-5-3-2-4-6-14/h2-9,21H,10-11H2,1H3. The molecule has 1 aliphatic rings. The van der Waals surface area contributed by atoms with E-state index in [1.807, 2.05) is 18.2 Å². The monoisotopic (exact) mass is 373 g/mol. The van der Waals surface area contributed by atoms with E-state index < -0.39 is 11.8 Å². The lowest BCUT2D eigenvalue weighted by Gasteiger charge is -2.11. The topological polar surface area (TPSA) is 73.9 Å². The predicted molar refractivity (Wildman–Crippen MR) is 95.8 cm³/mol. The van der Waals surface area contributed by atoms with Gasteiger partial charge < -0.3 is 19.5 Å². The number of Topliss-reactive ketones (excluding diaryl/α,β-unsaturated/α-hetero) is 1. The third kappa shape index (κ3) is 3.97. The number of halogens is 1. The first kappa shape index (κ1) is 17.8. The third-order valence-electron chi connectivity index (χ3n) is 3.69. The van der Waals surface area contributed by atoms with Crippen LogP contribution < -0.4 is 10.1 Å². The lowest BCUT2D eigenvalue weighted by molar-refractivity contribution is -0.141. The van der Waals surface area contributed by atoms with Crippen molar-refractivity contribution in [3.63, 3.8) is 0 Å². The summed E-state index contributed by atoms with van der Waals surface area (Å²) in [4.78, 5) is 24.5. The molecule has 0 fully saturated rings. The predicted octanol–water partition coefficient (Wildman–Crippen LogP) is 3.31. The molecule has 3 rings (SSSR count). The van der Waals surface area contributed by atoms with Gasteiger partial charge in [0.1, 0.15) is 12.4 Å². The molecular formula is C19H16ClNO5. The molecule has 0 saturated carbocycles. The SMILES string of the molecule is COc1ccc(Cl)cc1COC(=O)C1=C(Nc2ccccc2)OCC1=O. The minimum atomic E-state index is -0.770. The Hall–Kier alpha value is -2.99. The zero-order valence-electron chi connectivity index (χ0n) is 14.0. The van der Waals surface area contributed by atoms with Crippen LogP contribution in [-0.2, 0) is 25.7 Å². The van der Waals surface area contributed by atoms with E-state index >= 15 is 0 Å². The van der Waals surface area contributed by atoms with Crippen LogP contribution in [0.1, 0.15) is 5.56 Å². The van der Waals surface area contributed by atoms with Crippen LogP contribution in [0.3, 0.4) is 0 Å². The van der Waals surface area contributed by atoms with Crippen molar-refractivity contribution in [3.8, 4) is 5.75 Å². The van der Waals surface area contributed by atoms with E-state index in [4.69, 9.17) is 25.8 Å². The molecule has 6 nitrogen and oxygen atoms in total. The Morgan fingerprint density at radius 1 is 1.23 bits per heavy atom. The van der Waals surface area contributed by atoms with Crippen molar-refractivity contribution in [1.29, 1.82) is 0 Å². The normalized spacial score (nSPS) is 13.4. The number of hydrogen-bond donors (Lipinski definition) is 1. The Bertz CT molecular complexity index is 863. The number of carbonyl (C=O) groups excluding carboxylic acids is 2. The first-order valence-electron chi connectivity index (χ1n) is 7.80. The summed E-state index contributed by atoms with van der Waals surface area (Å²) in [6.45, 7) is -0.294. The fourth-order valence-electron chi connectivity index (χ4n) is 2.44. The maximum Gasteiger partial charge on any atom is 0.347 e. The van der Waals surface area contributed by atoms with Gasteiger partial charge in [0, 0.05) is 16.3 Å². The molecule has 134 valence electrons. The Morgan fingerprint density at radius 2 is 2.00 bits per heavy atom. The van der Waals surface area contributed by atoms with E-state index in [2.05, 4.69) is 5.32 Å². The fraction of sp³-hybridized carbons (Fsp3) is 0.158. The molecule has 0 bridgehead atoms. The van der Waals surface area contributed by atoms with Crippen molar-refractivity contribution in [2.75, 3.05) is 19.0 Å². The number of anilines is 1. The molecule has 7 heteroatoms. The van der Waals surface area contributed by atoms with Gasteiger partial charge in [0.2, 0.25) is 11.7 Å². The number of rotatable bonds is 6. The van der Waals surface area contributed by atoms with Crippen molar-refractivity contribution < 1.29 is 23.8 Å². The van der Waals surface area contributed by atoms with Crippen molar-refractivity contribution >= 4 is 29.0 Å². The molecule has 1 N–H and O–H groups in total. The summed E-state index contributed by atoms with van der Waals surface area (Å²) in [6, 6.07) is 14.1. The van der Waals surface area contributed by atoms with E-state index in [-0.39, 0.29) is 24.7 Å². The second-order valence-corrected chi connectivity index (χ2v) is 5.88. The maximum absolute atomic E-state index is 12.4. The van der Waals surface area contributed by atoms with Crippen LogP contribution in [0.5, 0.6) is 5.75 Å². The first-order valence-corrected chi connectivity index (χ1v) is 8.18. The average molecular weight is 374 g/mol. The Balaban J connectivity index is 1.76. The number of para-hydroxylation sites is 1. The molecule has 1 heterocycles. The van der Waals surface area contributed by atoms with Gasteiger partial charge >= 0.3 is 5.97 Å². The summed E-state index contributed by atoms with van der Waals surface area (Å²) < 4.78 is 15.8. The molecule has 1 aliphatic heterocycles. The van der Waals surface area contributed by atoms with Gasteiger partial charge in [0.05, 0.1) is 7.11 Å². The second-order valence-electron chi connectivity index (χ2n) is 5.44. The van der Waals surface area contributed by atoms with Gasteiger partial charge in [-0.15, -0.1) is 0 Å². The van der Waals surface area contributed by atoms with Gasteiger partial charge in [-0.1, -0.05) is 29.8 Å². The van der Waals surface area contributed by atoms with E-state index in [1.54, 1.807) is 30.3 Å². The van der Waals surface area contributed by atoms with Crippen LogP contribution >= 0.6 is 11.6 Å². The molecular weight excluding hydrogens is 358 g/mol. The fourth-order valence-corrected chi connectivity index (χ4v) is 2.64. The largest absolute Gasteiger partial charge is 0.496 e. The van der Waals surface area contributed by atoms with Crippen LogP contribution in [0.4, 0.5) is 5.69 Å². The molecule has 2 aromatic carbocycles. The number of carbonyl (C=O) groups is 2. The van der Waals surface area contributed by atoms with Gasteiger partial charge in [-0.2, -0.15) is 0 Å². The summed E-state index contributed by atoms with van der Waals surface area (Å²) in [5, 5.41) is 3.41. The van der Waals surface area contributed by atoms with Crippen molar-refractivity contribution in [3.05, 3.63) is 70.6 Å².